The number of aliphatic hydroxyl groups excluding tert-OH is 1. The minimum Gasteiger partial charge on any atom is -0.395 e. The lowest BCUT2D eigenvalue weighted by atomic mass is 10.2. The third-order valence-corrected chi connectivity index (χ3v) is 2.25. The number of hydrogen-bond donors (Lipinski definition) is 1. The van der Waals surface area contributed by atoms with Gasteiger partial charge in [0.1, 0.15) is 0 Å². The quantitative estimate of drug-likeness (QED) is 0.799. The molecule has 1 aromatic carbocycles. The molecule has 13 heavy (non-hydrogen) atoms. The van der Waals surface area contributed by atoms with Crippen LogP contribution in [-0.2, 0) is 6.54 Å². The molecule has 1 N–H and O–H groups in total. The first-order chi connectivity index (χ1) is 6.24. The maximum atomic E-state index is 8.71. The van der Waals surface area contributed by atoms with Crippen molar-refractivity contribution in [3.8, 4) is 0 Å². The van der Waals surface area contributed by atoms with E-state index < -0.39 is 0 Å². The SMILES string of the molecule is CN(CCO)Cc1ccccc1Cl. The van der Waals surface area contributed by atoms with E-state index in [4.69, 9.17) is 16.7 Å². The van der Waals surface area contributed by atoms with Crippen LogP contribution in [0.15, 0.2) is 24.3 Å². The molecule has 0 atom stereocenters. The maximum Gasteiger partial charge on any atom is 0.0558 e. The van der Waals surface area contributed by atoms with Gasteiger partial charge in [0.25, 0.3) is 0 Å². The Morgan fingerprint density at radius 3 is 2.69 bits per heavy atom. The Morgan fingerprint density at radius 2 is 2.08 bits per heavy atom. The van der Waals surface area contributed by atoms with E-state index in [9.17, 15) is 0 Å². The first-order valence-corrected chi connectivity index (χ1v) is 4.64. The van der Waals surface area contributed by atoms with E-state index in [1.54, 1.807) is 0 Å². The second kappa shape index (κ2) is 5.22. The Kier molecular flexibility index (Phi) is 4.22. The predicted octanol–water partition coefficient (Wildman–Crippen LogP) is 1.76. The highest BCUT2D eigenvalue weighted by Crippen LogP contribution is 2.15. The van der Waals surface area contributed by atoms with Crippen molar-refractivity contribution in [2.75, 3.05) is 20.2 Å². The number of hydrogen-bond acceptors (Lipinski definition) is 2. The van der Waals surface area contributed by atoms with Crippen LogP contribution in [-0.4, -0.2) is 30.2 Å². The van der Waals surface area contributed by atoms with E-state index in [0.717, 1.165) is 17.1 Å². The van der Waals surface area contributed by atoms with Gasteiger partial charge in [-0.25, -0.2) is 0 Å². The highest BCUT2D eigenvalue weighted by Gasteiger charge is 2.02. The number of aliphatic hydroxyl groups is 1. The largest absolute Gasteiger partial charge is 0.395 e. The second-order valence-corrected chi connectivity index (χ2v) is 3.46. The van der Waals surface area contributed by atoms with E-state index in [-0.39, 0.29) is 6.61 Å². The summed E-state index contributed by atoms with van der Waals surface area (Å²) in [6, 6.07) is 7.76. The summed E-state index contributed by atoms with van der Waals surface area (Å²) >= 11 is 5.98. The van der Waals surface area contributed by atoms with E-state index in [1.165, 1.54) is 0 Å². The van der Waals surface area contributed by atoms with Crippen molar-refractivity contribution in [2.45, 2.75) is 6.54 Å². The molecule has 0 aliphatic rings. The van der Waals surface area contributed by atoms with E-state index in [1.807, 2.05) is 36.2 Å². The van der Waals surface area contributed by atoms with Crippen LogP contribution in [0, 0.1) is 0 Å². The summed E-state index contributed by atoms with van der Waals surface area (Å²) < 4.78 is 0. The number of halogens is 1. The lowest BCUT2D eigenvalue weighted by Crippen LogP contribution is -2.21. The van der Waals surface area contributed by atoms with Gasteiger partial charge in [0, 0.05) is 18.1 Å². The third-order valence-electron chi connectivity index (χ3n) is 1.88. The van der Waals surface area contributed by atoms with E-state index >= 15 is 0 Å². The zero-order valence-electron chi connectivity index (χ0n) is 7.70. The van der Waals surface area contributed by atoms with Gasteiger partial charge >= 0.3 is 0 Å². The third kappa shape index (κ3) is 3.35. The van der Waals surface area contributed by atoms with Crippen molar-refractivity contribution in [1.82, 2.24) is 4.90 Å². The summed E-state index contributed by atoms with van der Waals surface area (Å²) in [6.45, 7) is 1.63. The van der Waals surface area contributed by atoms with Crippen LogP contribution < -0.4 is 0 Å². The predicted molar refractivity (Wildman–Crippen MR) is 54.9 cm³/mol. The van der Waals surface area contributed by atoms with Crippen LogP contribution >= 0.6 is 11.6 Å². The number of nitrogens with zero attached hydrogens (tertiary/aromatic N) is 1. The standard InChI is InChI=1S/C10H14ClNO/c1-12(6-7-13)8-9-4-2-3-5-10(9)11/h2-5,13H,6-8H2,1H3. The van der Waals surface area contributed by atoms with Crippen LogP contribution in [0.3, 0.4) is 0 Å². The van der Waals surface area contributed by atoms with Crippen LogP contribution in [0.25, 0.3) is 0 Å². The Hall–Kier alpha value is -0.570. The maximum absolute atomic E-state index is 8.71. The van der Waals surface area contributed by atoms with Gasteiger partial charge in [-0.15, -0.1) is 0 Å². The Bertz CT molecular complexity index is 265. The molecule has 0 spiro atoms. The first-order valence-electron chi connectivity index (χ1n) is 4.27. The first kappa shape index (κ1) is 10.5. The van der Waals surface area contributed by atoms with Crippen LogP contribution in [0.5, 0.6) is 0 Å². The molecule has 0 unspecified atom stereocenters. The summed E-state index contributed by atoms with van der Waals surface area (Å²) in [7, 11) is 1.96. The molecule has 0 fully saturated rings. The lowest BCUT2D eigenvalue weighted by molar-refractivity contribution is 0.217. The van der Waals surface area contributed by atoms with Crippen molar-refractivity contribution in [2.24, 2.45) is 0 Å². The molecule has 0 aromatic heterocycles. The van der Waals surface area contributed by atoms with Gasteiger partial charge in [0.2, 0.25) is 0 Å². The number of benzene rings is 1. The molecule has 0 amide bonds. The molecule has 0 aliphatic carbocycles. The van der Waals surface area contributed by atoms with Gasteiger partial charge in [-0.2, -0.15) is 0 Å². The molecule has 72 valence electrons. The van der Waals surface area contributed by atoms with Crippen molar-refractivity contribution in [3.05, 3.63) is 34.9 Å². The fraction of sp³-hybridized carbons (Fsp3) is 0.400. The Labute approximate surface area is 83.7 Å². The van der Waals surface area contributed by atoms with Gasteiger partial charge in [-0.3, -0.25) is 4.90 Å². The van der Waals surface area contributed by atoms with E-state index in [2.05, 4.69) is 0 Å². The normalized spacial score (nSPS) is 10.8. The van der Waals surface area contributed by atoms with Crippen molar-refractivity contribution >= 4 is 11.6 Å². The highest BCUT2D eigenvalue weighted by atomic mass is 35.5. The summed E-state index contributed by atoms with van der Waals surface area (Å²) in [4.78, 5) is 2.03. The summed E-state index contributed by atoms with van der Waals surface area (Å²) in [5.41, 5.74) is 1.10. The monoisotopic (exact) mass is 199 g/mol. The van der Waals surface area contributed by atoms with Gasteiger partial charge in [-0.1, -0.05) is 29.8 Å². The Balaban J connectivity index is 2.58. The average molecular weight is 200 g/mol. The topological polar surface area (TPSA) is 23.5 Å². The van der Waals surface area contributed by atoms with Crippen LogP contribution in [0.1, 0.15) is 5.56 Å². The van der Waals surface area contributed by atoms with Crippen molar-refractivity contribution in [1.29, 1.82) is 0 Å². The average Bonchev–Trinajstić information content (AvgIpc) is 2.09. The van der Waals surface area contributed by atoms with Crippen LogP contribution in [0.2, 0.25) is 5.02 Å². The summed E-state index contributed by atoms with van der Waals surface area (Å²) in [6.07, 6.45) is 0. The molecular weight excluding hydrogens is 186 g/mol. The van der Waals surface area contributed by atoms with Gasteiger partial charge < -0.3 is 5.11 Å². The molecular formula is C10H14ClNO. The molecule has 2 nitrogen and oxygen atoms in total. The Morgan fingerprint density at radius 1 is 1.38 bits per heavy atom. The molecule has 3 heteroatoms. The zero-order valence-corrected chi connectivity index (χ0v) is 8.46. The van der Waals surface area contributed by atoms with Crippen molar-refractivity contribution in [3.63, 3.8) is 0 Å². The fourth-order valence-corrected chi connectivity index (χ4v) is 1.36. The van der Waals surface area contributed by atoms with E-state index in [0.29, 0.717) is 6.54 Å². The van der Waals surface area contributed by atoms with Crippen molar-refractivity contribution < 1.29 is 5.11 Å². The minimum absolute atomic E-state index is 0.182. The van der Waals surface area contributed by atoms with Gasteiger partial charge in [-0.05, 0) is 18.7 Å². The molecule has 0 radical (unpaired) electrons. The minimum atomic E-state index is 0.182. The molecule has 1 aromatic rings. The molecule has 0 saturated heterocycles. The molecule has 1 rings (SSSR count). The number of likely N-dealkylation sites (N-methyl/N-ethyl adjacent to an activating group) is 1. The molecule has 0 bridgehead atoms. The summed E-state index contributed by atoms with van der Waals surface area (Å²) in [5, 5.41) is 9.49. The second-order valence-electron chi connectivity index (χ2n) is 3.05. The smallest absolute Gasteiger partial charge is 0.0558 e. The van der Waals surface area contributed by atoms with Gasteiger partial charge in [0.15, 0.2) is 0 Å². The summed E-state index contributed by atoms with van der Waals surface area (Å²) in [5.74, 6) is 0. The highest BCUT2D eigenvalue weighted by molar-refractivity contribution is 6.31. The zero-order chi connectivity index (χ0) is 9.68. The molecule has 0 heterocycles. The fourth-order valence-electron chi connectivity index (χ4n) is 1.17. The molecule has 0 saturated carbocycles. The van der Waals surface area contributed by atoms with Crippen LogP contribution in [0.4, 0.5) is 0 Å². The lowest BCUT2D eigenvalue weighted by Gasteiger charge is -2.15. The van der Waals surface area contributed by atoms with Gasteiger partial charge in [0.05, 0.1) is 6.61 Å². The number of rotatable bonds is 4. The molecule has 0 aliphatic heterocycles.